The van der Waals surface area contributed by atoms with E-state index >= 15 is 0 Å². The molecule has 1 aromatic rings. The van der Waals surface area contributed by atoms with E-state index in [2.05, 4.69) is 5.32 Å². The lowest BCUT2D eigenvalue weighted by Crippen LogP contribution is -2.63. The molecule has 0 radical (unpaired) electrons. The average molecular weight is 283 g/mol. The maximum absolute atomic E-state index is 12.1. The number of aliphatic hydroxyl groups is 1. The number of nitrogens with zero attached hydrogens (tertiary/aromatic N) is 1. The first kappa shape index (κ1) is 13.8. The summed E-state index contributed by atoms with van der Waals surface area (Å²) in [6.07, 6.45) is 0. The summed E-state index contributed by atoms with van der Waals surface area (Å²) in [6.45, 7) is 1.48. The third kappa shape index (κ3) is 2.88. The van der Waals surface area contributed by atoms with Crippen molar-refractivity contribution in [3.05, 3.63) is 34.9 Å². The Balaban J connectivity index is 2.24. The average Bonchev–Trinajstić information content (AvgIpc) is 2.36. The lowest BCUT2D eigenvalue weighted by molar-refractivity contribution is -0.151. The number of halogens is 1. The van der Waals surface area contributed by atoms with E-state index in [9.17, 15) is 14.7 Å². The topological polar surface area (TPSA) is 69.6 Å². The maximum atomic E-state index is 12.1. The van der Waals surface area contributed by atoms with Crippen molar-refractivity contribution in [1.82, 2.24) is 10.2 Å². The molecule has 0 spiro atoms. The number of hydrogen-bond donors (Lipinski definition) is 2. The fraction of sp³-hybridized carbons (Fsp3) is 0.385. The first-order valence-corrected chi connectivity index (χ1v) is 6.37. The van der Waals surface area contributed by atoms with Crippen LogP contribution in [0.1, 0.15) is 12.5 Å². The van der Waals surface area contributed by atoms with Crippen molar-refractivity contribution in [2.45, 2.75) is 25.6 Å². The summed E-state index contributed by atoms with van der Waals surface area (Å²) in [5, 5.41) is 12.4. The highest BCUT2D eigenvalue weighted by atomic mass is 35.5. The standard InChI is InChI=1S/C13H15ClN2O3/c1-8-13(19)16(11(7-17)12(18)15-8)6-9-3-2-4-10(14)5-9/h2-5,8,11,17H,6-7H2,1H3,(H,15,18)/t8-,11-/m0/s1. The number of benzene rings is 1. The molecule has 1 heterocycles. The van der Waals surface area contributed by atoms with Gasteiger partial charge in [0, 0.05) is 11.6 Å². The summed E-state index contributed by atoms with van der Waals surface area (Å²) in [5.41, 5.74) is 0.821. The van der Waals surface area contributed by atoms with Crippen LogP contribution in [0.2, 0.25) is 5.02 Å². The minimum absolute atomic E-state index is 0.210. The third-order valence-electron chi connectivity index (χ3n) is 3.11. The van der Waals surface area contributed by atoms with E-state index in [1.54, 1.807) is 25.1 Å². The molecule has 2 N–H and O–H groups in total. The Labute approximate surface area is 116 Å². The van der Waals surface area contributed by atoms with E-state index < -0.39 is 18.7 Å². The summed E-state index contributed by atoms with van der Waals surface area (Å²) in [4.78, 5) is 25.2. The van der Waals surface area contributed by atoms with Crippen LogP contribution in [0.25, 0.3) is 0 Å². The molecule has 1 aliphatic heterocycles. The zero-order valence-corrected chi connectivity index (χ0v) is 11.2. The summed E-state index contributed by atoms with van der Waals surface area (Å²) in [7, 11) is 0. The van der Waals surface area contributed by atoms with Crippen LogP contribution in [0.3, 0.4) is 0 Å². The number of carbonyl (C=O) groups is 2. The third-order valence-corrected chi connectivity index (χ3v) is 3.34. The molecule has 1 aromatic carbocycles. The normalized spacial score (nSPS) is 23.4. The zero-order chi connectivity index (χ0) is 14.0. The molecule has 102 valence electrons. The predicted octanol–water partition coefficient (Wildman–Crippen LogP) is 0.548. The molecule has 0 saturated carbocycles. The molecule has 1 aliphatic rings. The van der Waals surface area contributed by atoms with E-state index in [1.165, 1.54) is 4.90 Å². The smallest absolute Gasteiger partial charge is 0.245 e. The molecule has 6 heteroatoms. The number of piperazine rings is 1. The molecule has 0 unspecified atom stereocenters. The van der Waals surface area contributed by atoms with Gasteiger partial charge in [0.05, 0.1) is 6.61 Å². The molecule has 5 nitrogen and oxygen atoms in total. The second-order valence-corrected chi connectivity index (χ2v) is 4.96. The fourth-order valence-electron chi connectivity index (χ4n) is 2.12. The van der Waals surface area contributed by atoms with Gasteiger partial charge in [-0.1, -0.05) is 23.7 Å². The number of amides is 2. The van der Waals surface area contributed by atoms with Crippen molar-refractivity contribution in [1.29, 1.82) is 0 Å². The van der Waals surface area contributed by atoms with E-state index in [0.29, 0.717) is 5.02 Å². The van der Waals surface area contributed by atoms with Gasteiger partial charge in [-0.25, -0.2) is 0 Å². The van der Waals surface area contributed by atoms with Crippen molar-refractivity contribution in [3.8, 4) is 0 Å². The highest BCUT2D eigenvalue weighted by Gasteiger charge is 2.37. The molecule has 0 bridgehead atoms. The van der Waals surface area contributed by atoms with Gasteiger partial charge in [-0.05, 0) is 24.6 Å². The van der Waals surface area contributed by atoms with Crippen molar-refractivity contribution >= 4 is 23.4 Å². The largest absolute Gasteiger partial charge is 0.394 e. The van der Waals surface area contributed by atoms with Crippen molar-refractivity contribution in [2.75, 3.05) is 6.61 Å². The number of carbonyl (C=O) groups excluding carboxylic acids is 2. The lowest BCUT2D eigenvalue weighted by atomic mass is 10.1. The number of aliphatic hydroxyl groups excluding tert-OH is 1. The van der Waals surface area contributed by atoms with Crippen LogP contribution in [0.4, 0.5) is 0 Å². The molecule has 2 atom stereocenters. The van der Waals surface area contributed by atoms with Crippen LogP contribution < -0.4 is 5.32 Å². The van der Waals surface area contributed by atoms with Crippen molar-refractivity contribution in [3.63, 3.8) is 0 Å². The SMILES string of the molecule is C[C@@H]1NC(=O)[C@H](CO)N(Cc2cccc(Cl)c2)C1=O. The minimum Gasteiger partial charge on any atom is -0.394 e. The molecule has 1 fully saturated rings. The molecule has 0 aliphatic carbocycles. The fourth-order valence-corrected chi connectivity index (χ4v) is 2.33. The van der Waals surface area contributed by atoms with Crippen LogP contribution in [0.15, 0.2) is 24.3 Å². The summed E-state index contributed by atoms with van der Waals surface area (Å²) in [5.74, 6) is -0.546. The Bertz CT molecular complexity index is 506. The van der Waals surface area contributed by atoms with Gasteiger partial charge in [0.15, 0.2) is 0 Å². The van der Waals surface area contributed by atoms with Gasteiger partial charge < -0.3 is 15.3 Å². The Hall–Kier alpha value is -1.59. The Morgan fingerprint density at radius 1 is 1.42 bits per heavy atom. The zero-order valence-electron chi connectivity index (χ0n) is 10.5. The first-order chi connectivity index (χ1) is 9.02. The molecule has 19 heavy (non-hydrogen) atoms. The lowest BCUT2D eigenvalue weighted by Gasteiger charge is -2.37. The number of rotatable bonds is 3. The molecular weight excluding hydrogens is 268 g/mol. The molecular formula is C13H15ClN2O3. The van der Waals surface area contributed by atoms with Crippen molar-refractivity contribution in [2.24, 2.45) is 0 Å². The number of nitrogens with one attached hydrogen (secondary N) is 1. The summed E-state index contributed by atoms with van der Waals surface area (Å²) >= 11 is 5.89. The van der Waals surface area contributed by atoms with Gasteiger partial charge in [0.1, 0.15) is 12.1 Å². The van der Waals surface area contributed by atoms with Gasteiger partial charge in [-0.2, -0.15) is 0 Å². The molecule has 1 saturated heterocycles. The van der Waals surface area contributed by atoms with E-state index in [-0.39, 0.29) is 18.4 Å². The second-order valence-electron chi connectivity index (χ2n) is 4.52. The van der Waals surface area contributed by atoms with Gasteiger partial charge >= 0.3 is 0 Å². The first-order valence-electron chi connectivity index (χ1n) is 5.99. The molecule has 2 amide bonds. The van der Waals surface area contributed by atoms with Crippen LogP contribution in [0, 0.1) is 0 Å². The van der Waals surface area contributed by atoms with Crippen LogP contribution >= 0.6 is 11.6 Å². The van der Waals surface area contributed by atoms with Crippen LogP contribution in [0.5, 0.6) is 0 Å². The number of hydrogen-bond acceptors (Lipinski definition) is 3. The van der Waals surface area contributed by atoms with Gasteiger partial charge in [-0.3, -0.25) is 9.59 Å². The monoisotopic (exact) mass is 282 g/mol. The highest BCUT2D eigenvalue weighted by molar-refractivity contribution is 6.30. The Morgan fingerprint density at radius 3 is 2.79 bits per heavy atom. The Morgan fingerprint density at radius 2 is 2.16 bits per heavy atom. The van der Waals surface area contributed by atoms with E-state index in [0.717, 1.165) is 5.56 Å². The van der Waals surface area contributed by atoms with E-state index in [4.69, 9.17) is 11.6 Å². The van der Waals surface area contributed by atoms with E-state index in [1.807, 2.05) is 6.07 Å². The second kappa shape index (κ2) is 5.59. The predicted molar refractivity (Wildman–Crippen MR) is 70.5 cm³/mol. The van der Waals surface area contributed by atoms with Gasteiger partial charge in [0.25, 0.3) is 0 Å². The van der Waals surface area contributed by atoms with Crippen LogP contribution in [-0.2, 0) is 16.1 Å². The maximum Gasteiger partial charge on any atom is 0.245 e. The van der Waals surface area contributed by atoms with Gasteiger partial charge in [0.2, 0.25) is 11.8 Å². The minimum atomic E-state index is -0.845. The molecule has 0 aromatic heterocycles. The highest BCUT2D eigenvalue weighted by Crippen LogP contribution is 2.17. The van der Waals surface area contributed by atoms with Gasteiger partial charge in [-0.15, -0.1) is 0 Å². The van der Waals surface area contributed by atoms with Crippen molar-refractivity contribution < 1.29 is 14.7 Å². The molecule has 2 rings (SSSR count). The quantitative estimate of drug-likeness (QED) is 0.850. The van der Waals surface area contributed by atoms with Crippen LogP contribution in [-0.4, -0.2) is 40.5 Å². The summed E-state index contributed by atoms with van der Waals surface area (Å²) in [6, 6.07) is 5.66. The Kier molecular flexibility index (Phi) is 4.07. The summed E-state index contributed by atoms with van der Waals surface area (Å²) < 4.78 is 0.